The molecule has 1 aromatic carbocycles. The second kappa shape index (κ2) is 5.68. The van der Waals surface area contributed by atoms with E-state index < -0.39 is 6.10 Å². The second-order valence-corrected chi connectivity index (χ2v) is 4.49. The van der Waals surface area contributed by atoms with Crippen LogP contribution in [0.25, 0.3) is 0 Å². The van der Waals surface area contributed by atoms with E-state index in [1.54, 1.807) is 25.1 Å². The van der Waals surface area contributed by atoms with Crippen LogP contribution in [0, 0.1) is 12.8 Å². The van der Waals surface area contributed by atoms with Gasteiger partial charge in [-0.1, -0.05) is 26.0 Å². The molecule has 3 N–H and O–H groups in total. The van der Waals surface area contributed by atoms with Gasteiger partial charge in [0.2, 0.25) is 0 Å². The quantitative estimate of drug-likeness (QED) is 0.742. The van der Waals surface area contributed by atoms with E-state index in [2.05, 4.69) is 5.32 Å². The molecule has 17 heavy (non-hydrogen) atoms. The first-order chi connectivity index (χ1) is 7.93. The smallest absolute Gasteiger partial charge is 0.255 e. The summed E-state index contributed by atoms with van der Waals surface area (Å²) >= 11 is 0. The van der Waals surface area contributed by atoms with E-state index in [9.17, 15) is 15.0 Å². The number of rotatable bonds is 4. The Morgan fingerprint density at radius 1 is 1.41 bits per heavy atom. The van der Waals surface area contributed by atoms with Gasteiger partial charge in [-0.2, -0.15) is 0 Å². The molecule has 0 saturated carbocycles. The summed E-state index contributed by atoms with van der Waals surface area (Å²) < 4.78 is 0. The number of benzene rings is 1. The van der Waals surface area contributed by atoms with E-state index in [0.29, 0.717) is 5.56 Å². The Kier molecular flexibility index (Phi) is 4.52. The third-order valence-electron chi connectivity index (χ3n) is 2.72. The lowest BCUT2D eigenvalue weighted by Crippen LogP contribution is -2.34. The topological polar surface area (TPSA) is 69.6 Å². The predicted octanol–water partition coefficient (Wildman–Crippen LogP) is 1.45. The average molecular weight is 237 g/mol. The molecule has 0 aliphatic heterocycles. The summed E-state index contributed by atoms with van der Waals surface area (Å²) in [6.07, 6.45) is -0.578. The molecule has 0 heterocycles. The molecule has 0 aliphatic carbocycles. The summed E-state index contributed by atoms with van der Waals surface area (Å²) in [5.74, 6) is -0.295. The van der Waals surface area contributed by atoms with Crippen molar-refractivity contribution in [2.45, 2.75) is 26.9 Å². The van der Waals surface area contributed by atoms with Crippen molar-refractivity contribution in [3.63, 3.8) is 0 Å². The van der Waals surface area contributed by atoms with Crippen molar-refractivity contribution in [1.82, 2.24) is 5.32 Å². The molecule has 4 heteroatoms. The fraction of sp³-hybridized carbons (Fsp3) is 0.462. The third kappa shape index (κ3) is 3.46. The number of carbonyl (C=O) groups is 1. The summed E-state index contributed by atoms with van der Waals surface area (Å²) in [4.78, 5) is 11.8. The van der Waals surface area contributed by atoms with Gasteiger partial charge in [0, 0.05) is 6.54 Å². The molecule has 0 aromatic heterocycles. The lowest BCUT2D eigenvalue weighted by atomic mass is 10.1. The van der Waals surface area contributed by atoms with Gasteiger partial charge in [-0.25, -0.2) is 0 Å². The van der Waals surface area contributed by atoms with Crippen molar-refractivity contribution < 1.29 is 15.0 Å². The maximum Gasteiger partial charge on any atom is 0.255 e. The lowest BCUT2D eigenvalue weighted by Gasteiger charge is -2.15. The van der Waals surface area contributed by atoms with E-state index >= 15 is 0 Å². The first-order valence-corrected chi connectivity index (χ1v) is 5.68. The largest absolute Gasteiger partial charge is 0.507 e. The number of phenols is 1. The van der Waals surface area contributed by atoms with Crippen LogP contribution >= 0.6 is 0 Å². The summed E-state index contributed by atoms with van der Waals surface area (Å²) in [6, 6.07) is 5.00. The Bertz CT molecular complexity index is 402. The van der Waals surface area contributed by atoms with Gasteiger partial charge in [-0.15, -0.1) is 0 Å². The van der Waals surface area contributed by atoms with E-state index in [0.717, 1.165) is 0 Å². The van der Waals surface area contributed by atoms with Gasteiger partial charge in [-0.05, 0) is 24.5 Å². The number of phenolic OH excluding ortho intramolecular Hbond substituents is 1. The number of para-hydroxylation sites is 1. The van der Waals surface area contributed by atoms with E-state index in [-0.39, 0.29) is 29.7 Å². The highest BCUT2D eigenvalue weighted by atomic mass is 16.3. The van der Waals surface area contributed by atoms with Crippen LogP contribution in [0.5, 0.6) is 5.75 Å². The number of aliphatic hydroxyl groups is 1. The Morgan fingerprint density at radius 3 is 2.65 bits per heavy atom. The number of carbonyl (C=O) groups excluding carboxylic acids is 1. The minimum absolute atomic E-state index is 0.0102. The third-order valence-corrected chi connectivity index (χ3v) is 2.72. The number of aryl methyl sites for hydroxylation is 1. The molecule has 0 bridgehead atoms. The van der Waals surface area contributed by atoms with Crippen LogP contribution in [0.4, 0.5) is 0 Å². The zero-order valence-corrected chi connectivity index (χ0v) is 10.4. The first kappa shape index (κ1) is 13.5. The molecule has 0 radical (unpaired) electrons. The normalized spacial score (nSPS) is 12.5. The van der Waals surface area contributed by atoms with Crippen LogP contribution < -0.4 is 5.32 Å². The van der Waals surface area contributed by atoms with Crippen molar-refractivity contribution in [2.75, 3.05) is 6.54 Å². The standard InChI is InChI=1S/C13H19NO3/c1-8(2)11(15)7-14-13(17)10-6-4-5-9(3)12(10)16/h4-6,8,11,15-16H,7H2,1-3H3,(H,14,17). The van der Waals surface area contributed by atoms with E-state index in [1.165, 1.54) is 0 Å². The molecule has 94 valence electrons. The van der Waals surface area contributed by atoms with Gasteiger partial charge in [0.25, 0.3) is 5.91 Å². The SMILES string of the molecule is Cc1cccc(C(=O)NCC(O)C(C)C)c1O. The second-order valence-electron chi connectivity index (χ2n) is 4.49. The van der Waals surface area contributed by atoms with Gasteiger partial charge in [0.1, 0.15) is 5.75 Å². The fourth-order valence-electron chi connectivity index (χ4n) is 1.37. The molecular formula is C13H19NO3. The molecule has 0 spiro atoms. The summed E-state index contributed by atoms with van der Waals surface area (Å²) in [6.45, 7) is 5.67. The number of aliphatic hydroxyl groups excluding tert-OH is 1. The molecule has 1 aromatic rings. The summed E-state index contributed by atoms with van der Waals surface area (Å²) in [5.41, 5.74) is 0.892. The molecular weight excluding hydrogens is 218 g/mol. The zero-order chi connectivity index (χ0) is 13.0. The molecule has 1 amide bonds. The van der Waals surface area contributed by atoms with Crippen molar-refractivity contribution >= 4 is 5.91 Å². The predicted molar refractivity (Wildman–Crippen MR) is 66.0 cm³/mol. The zero-order valence-electron chi connectivity index (χ0n) is 10.4. The minimum atomic E-state index is -0.578. The molecule has 1 rings (SSSR count). The minimum Gasteiger partial charge on any atom is -0.507 e. The number of hydrogen-bond acceptors (Lipinski definition) is 3. The van der Waals surface area contributed by atoms with Crippen LogP contribution in [-0.2, 0) is 0 Å². The summed E-state index contributed by atoms with van der Waals surface area (Å²) in [7, 11) is 0. The van der Waals surface area contributed by atoms with Crippen LogP contribution in [0.15, 0.2) is 18.2 Å². The van der Waals surface area contributed by atoms with Crippen LogP contribution in [0.1, 0.15) is 29.8 Å². The van der Waals surface area contributed by atoms with Crippen molar-refractivity contribution in [3.05, 3.63) is 29.3 Å². The average Bonchev–Trinajstić information content (AvgIpc) is 2.29. The van der Waals surface area contributed by atoms with Crippen LogP contribution in [-0.4, -0.2) is 28.8 Å². The van der Waals surface area contributed by atoms with Crippen molar-refractivity contribution in [3.8, 4) is 5.75 Å². The molecule has 1 atom stereocenters. The molecule has 4 nitrogen and oxygen atoms in total. The highest BCUT2D eigenvalue weighted by Gasteiger charge is 2.15. The molecule has 1 unspecified atom stereocenters. The number of nitrogens with one attached hydrogen (secondary N) is 1. The maximum atomic E-state index is 11.8. The lowest BCUT2D eigenvalue weighted by molar-refractivity contribution is 0.0869. The fourth-order valence-corrected chi connectivity index (χ4v) is 1.37. The monoisotopic (exact) mass is 237 g/mol. The van der Waals surface area contributed by atoms with E-state index in [1.807, 2.05) is 13.8 Å². The summed E-state index contributed by atoms with van der Waals surface area (Å²) in [5, 5.41) is 21.9. The van der Waals surface area contributed by atoms with Gasteiger partial charge in [0.15, 0.2) is 0 Å². The van der Waals surface area contributed by atoms with Gasteiger partial charge in [-0.3, -0.25) is 4.79 Å². The molecule has 0 fully saturated rings. The van der Waals surface area contributed by atoms with Gasteiger partial charge >= 0.3 is 0 Å². The van der Waals surface area contributed by atoms with E-state index in [4.69, 9.17) is 0 Å². The first-order valence-electron chi connectivity index (χ1n) is 5.68. The van der Waals surface area contributed by atoms with Crippen molar-refractivity contribution in [2.24, 2.45) is 5.92 Å². The van der Waals surface area contributed by atoms with Gasteiger partial charge < -0.3 is 15.5 Å². The van der Waals surface area contributed by atoms with Crippen molar-refractivity contribution in [1.29, 1.82) is 0 Å². The maximum absolute atomic E-state index is 11.8. The Morgan fingerprint density at radius 2 is 2.06 bits per heavy atom. The highest BCUT2D eigenvalue weighted by Crippen LogP contribution is 2.21. The van der Waals surface area contributed by atoms with Gasteiger partial charge in [0.05, 0.1) is 11.7 Å². The number of hydrogen-bond donors (Lipinski definition) is 3. The molecule has 0 aliphatic rings. The Hall–Kier alpha value is -1.55. The Labute approximate surface area is 101 Å². The number of aromatic hydroxyl groups is 1. The molecule has 0 saturated heterocycles. The van der Waals surface area contributed by atoms with Crippen LogP contribution in [0.3, 0.4) is 0 Å². The Balaban J connectivity index is 2.68. The number of amides is 1. The highest BCUT2D eigenvalue weighted by molar-refractivity contribution is 5.97. The van der Waals surface area contributed by atoms with Crippen LogP contribution in [0.2, 0.25) is 0 Å².